The molecule has 0 aromatic heterocycles. The Morgan fingerprint density at radius 3 is 2.60 bits per heavy atom. The molecule has 0 bridgehead atoms. The minimum absolute atomic E-state index is 0.0217. The van der Waals surface area contributed by atoms with Crippen molar-refractivity contribution in [1.29, 1.82) is 0 Å². The molecule has 3 nitrogen and oxygen atoms in total. The monoisotopic (exact) mass is 145 g/mol. The minimum Gasteiger partial charge on any atom is -0.349 e. The highest BCUT2D eigenvalue weighted by Crippen LogP contribution is 1.96. The van der Waals surface area contributed by atoms with Gasteiger partial charge >= 0.3 is 0 Å². The molecule has 0 saturated heterocycles. The van der Waals surface area contributed by atoms with Crippen LogP contribution in [0.1, 0.15) is 26.2 Å². The first-order valence-corrected chi connectivity index (χ1v) is 3.72. The van der Waals surface area contributed by atoms with E-state index in [0.29, 0.717) is 6.54 Å². The zero-order valence-electron chi connectivity index (χ0n) is 6.60. The lowest BCUT2D eigenvalue weighted by atomic mass is 10.1. The first-order chi connectivity index (χ1) is 4.68. The van der Waals surface area contributed by atoms with E-state index in [1.807, 2.05) is 0 Å². The number of rotatable bonds is 5. The van der Waals surface area contributed by atoms with E-state index >= 15 is 0 Å². The molecule has 0 aromatic rings. The molecule has 1 atom stereocenters. The van der Waals surface area contributed by atoms with Gasteiger partial charge in [0, 0.05) is 13.3 Å². The van der Waals surface area contributed by atoms with E-state index in [4.69, 9.17) is 5.73 Å². The van der Waals surface area contributed by atoms with Crippen LogP contribution in [0.15, 0.2) is 0 Å². The van der Waals surface area contributed by atoms with Crippen molar-refractivity contribution in [2.45, 2.75) is 32.2 Å². The van der Waals surface area contributed by atoms with Crippen LogP contribution in [0.3, 0.4) is 0 Å². The van der Waals surface area contributed by atoms with Crippen LogP contribution in [0.2, 0.25) is 0 Å². The quantitative estimate of drug-likeness (QED) is 0.503. The second-order valence-electron chi connectivity index (χ2n) is 2.59. The topological polar surface area (TPSA) is 70.7 Å². The number of hydrogen-bond acceptors (Lipinski definition) is 2. The largest absolute Gasteiger partial charge is 0.349 e. The molecule has 5 N–H and O–H groups in total. The predicted molar refractivity (Wildman–Crippen MR) is 40.3 cm³/mol. The van der Waals surface area contributed by atoms with Crippen molar-refractivity contribution >= 4 is 5.78 Å². The van der Waals surface area contributed by atoms with E-state index in [2.05, 4.69) is 5.73 Å². The third kappa shape index (κ3) is 4.47. The van der Waals surface area contributed by atoms with Gasteiger partial charge in [-0.25, -0.2) is 0 Å². The lowest BCUT2D eigenvalue weighted by Gasteiger charge is -2.01. The van der Waals surface area contributed by atoms with Crippen molar-refractivity contribution in [2.24, 2.45) is 5.73 Å². The summed E-state index contributed by atoms with van der Waals surface area (Å²) >= 11 is 0. The molecule has 0 aromatic carbocycles. The molecule has 0 saturated carbocycles. The Balaban J connectivity index is 3.21. The molecule has 0 aliphatic carbocycles. The molecule has 0 fully saturated rings. The summed E-state index contributed by atoms with van der Waals surface area (Å²) in [4.78, 5) is 10.6. The lowest BCUT2D eigenvalue weighted by Crippen LogP contribution is -2.64. The molecule has 60 valence electrons. The average Bonchev–Trinajstić information content (AvgIpc) is 1.88. The summed E-state index contributed by atoms with van der Waals surface area (Å²) in [5.41, 5.74) is 9.00. The number of nitrogens with two attached hydrogens (primary N) is 1. The molecule has 0 aliphatic rings. The summed E-state index contributed by atoms with van der Waals surface area (Å²) in [6, 6.07) is -0.0217. The van der Waals surface area contributed by atoms with Gasteiger partial charge in [0.1, 0.15) is 6.04 Å². The standard InChI is InChI=1S/C7H16N2O/c1-6(10)7(9)4-2-3-5-8/h7H,2-5,8-9H2,1H3/p+1. The summed E-state index contributed by atoms with van der Waals surface area (Å²) < 4.78 is 0. The van der Waals surface area contributed by atoms with Crippen LogP contribution in [-0.4, -0.2) is 18.4 Å². The molecule has 0 spiro atoms. The Morgan fingerprint density at radius 1 is 1.60 bits per heavy atom. The van der Waals surface area contributed by atoms with Crippen molar-refractivity contribution in [3.05, 3.63) is 0 Å². The zero-order valence-corrected chi connectivity index (χ0v) is 6.60. The predicted octanol–water partition coefficient (Wildman–Crippen LogP) is -0.685. The first kappa shape index (κ1) is 9.59. The Labute approximate surface area is 61.8 Å². The van der Waals surface area contributed by atoms with Crippen molar-refractivity contribution in [2.75, 3.05) is 6.54 Å². The first-order valence-electron chi connectivity index (χ1n) is 3.72. The molecular weight excluding hydrogens is 128 g/mol. The summed E-state index contributed by atoms with van der Waals surface area (Å²) in [7, 11) is 0. The van der Waals surface area contributed by atoms with Crippen LogP contribution in [0, 0.1) is 0 Å². The average molecular weight is 145 g/mol. The maximum Gasteiger partial charge on any atom is 0.186 e. The molecule has 0 heterocycles. The van der Waals surface area contributed by atoms with Crippen LogP contribution in [-0.2, 0) is 4.79 Å². The maximum absolute atomic E-state index is 10.6. The van der Waals surface area contributed by atoms with E-state index in [0.717, 1.165) is 19.3 Å². The van der Waals surface area contributed by atoms with Crippen LogP contribution in [0.4, 0.5) is 0 Å². The molecule has 0 rings (SSSR count). The van der Waals surface area contributed by atoms with Gasteiger partial charge in [0.05, 0.1) is 0 Å². The van der Waals surface area contributed by atoms with Gasteiger partial charge in [0.25, 0.3) is 0 Å². The second kappa shape index (κ2) is 5.38. The third-order valence-corrected chi connectivity index (χ3v) is 1.58. The molecular formula is C7H17N2O+. The van der Waals surface area contributed by atoms with Gasteiger partial charge in [0.15, 0.2) is 5.78 Å². The number of Topliss-reactive ketones (excluding diaryl/α,β-unsaturated/α-hetero) is 1. The van der Waals surface area contributed by atoms with Crippen molar-refractivity contribution in [3.8, 4) is 0 Å². The summed E-state index contributed by atoms with van der Waals surface area (Å²) in [6.07, 6.45) is 2.90. The Kier molecular flexibility index (Phi) is 5.16. The van der Waals surface area contributed by atoms with Gasteiger partial charge in [-0.05, 0) is 19.4 Å². The number of carbonyl (C=O) groups is 1. The van der Waals surface area contributed by atoms with E-state index in [-0.39, 0.29) is 11.8 Å². The Bertz CT molecular complexity index is 104. The van der Waals surface area contributed by atoms with Gasteiger partial charge in [-0.15, -0.1) is 0 Å². The second-order valence-corrected chi connectivity index (χ2v) is 2.59. The highest BCUT2D eigenvalue weighted by molar-refractivity contribution is 5.79. The Hall–Kier alpha value is -0.410. The van der Waals surface area contributed by atoms with Crippen LogP contribution in [0.25, 0.3) is 0 Å². The Morgan fingerprint density at radius 2 is 2.20 bits per heavy atom. The van der Waals surface area contributed by atoms with Crippen LogP contribution < -0.4 is 11.5 Å². The molecule has 0 amide bonds. The van der Waals surface area contributed by atoms with E-state index in [9.17, 15) is 4.79 Å². The maximum atomic E-state index is 10.6. The summed E-state index contributed by atoms with van der Waals surface area (Å²) in [5, 5.41) is 0. The third-order valence-electron chi connectivity index (χ3n) is 1.58. The van der Waals surface area contributed by atoms with E-state index in [1.54, 1.807) is 6.92 Å². The van der Waals surface area contributed by atoms with Gasteiger partial charge in [-0.1, -0.05) is 0 Å². The van der Waals surface area contributed by atoms with Crippen LogP contribution >= 0.6 is 0 Å². The fraction of sp³-hybridized carbons (Fsp3) is 0.857. The number of ketones is 1. The molecule has 0 aliphatic heterocycles. The number of unbranched alkanes of at least 4 members (excludes halogenated alkanes) is 1. The normalized spacial score (nSPS) is 13.1. The van der Waals surface area contributed by atoms with Gasteiger partial charge in [-0.3, -0.25) is 4.79 Å². The van der Waals surface area contributed by atoms with Crippen molar-refractivity contribution in [3.63, 3.8) is 0 Å². The van der Waals surface area contributed by atoms with Crippen molar-refractivity contribution < 1.29 is 10.5 Å². The van der Waals surface area contributed by atoms with Gasteiger partial charge in [-0.2, -0.15) is 0 Å². The highest BCUT2D eigenvalue weighted by atomic mass is 16.1. The van der Waals surface area contributed by atoms with Gasteiger partial charge in [0.2, 0.25) is 0 Å². The van der Waals surface area contributed by atoms with E-state index in [1.165, 1.54) is 0 Å². The van der Waals surface area contributed by atoms with Gasteiger partial charge < -0.3 is 11.5 Å². The SMILES string of the molecule is CC(=O)C([NH3+])CCCCN. The fourth-order valence-electron chi connectivity index (χ4n) is 0.738. The number of carbonyl (C=O) groups excluding carboxylic acids is 1. The minimum atomic E-state index is -0.0217. The smallest absolute Gasteiger partial charge is 0.186 e. The fourth-order valence-corrected chi connectivity index (χ4v) is 0.738. The number of hydrogen-bond donors (Lipinski definition) is 2. The highest BCUT2D eigenvalue weighted by Gasteiger charge is 2.09. The summed E-state index contributed by atoms with van der Waals surface area (Å²) in [6.45, 7) is 2.30. The summed E-state index contributed by atoms with van der Waals surface area (Å²) in [5.74, 6) is 0.178. The molecule has 0 radical (unpaired) electrons. The molecule has 10 heavy (non-hydrogen) atoms. The van der Waals surface area contributed by atoms with Crippen molar-refractivity contribution in [1.82, 2.24) is 0 Å². The zero-order chi connectivity index (χ0) is 7.98. The molecule has 3 heteroatoms. The molecule has 1 unspecified atom stereocenters. The number of quaternary nitrogens is 1. The van der Waals surface area contributed by atoms with Crippen LogP contribution in [0.5, 0.6) is 0 Å². The van der Waals surface area contributed by atoms with E-state index < -0.39 is 0 Å². The lowest BCUT2D eigenvalue weighted by molar-refractivity contribution is -0.404.